The third kappa shape index (κ3) is 9.57. The van der Waals surface area contributed by atoms with Crippen molar-refractivity contribution in [2.24, 2.45) is 0 Å². The number of rotatable bonds is 20. The van der Waals surface area contributed by atoms with Gasteiger partial charge >= 0.3 is 0 Å². The van der Waals surface area contributed by atoms with E-state index in [0.29, 0.717) is 26.4 Å². The van der Waals surface area contributed by atoms with Gasteiger partial charge in [-0.25, -0.2) is 0 Å². The molecule has 234 valence electrons. The van der Waals surface area contributed by atoms with Crippen molar-refractivity contribution >= 4 is 0 Å². The number of unbranched alkanes of at least 4 members (excludes halogenated alkanes) is 2. The monoisotopic (exact) mass is 606 g/mol. The molecule has 6 heteroatoms. The molecular weight excluding hydrogens is 564 g/mol. The van der Waals surface area contributed by atoms with Crippen LogP contribution in [0.4, 0.5) is 0 Å². The number of benzene rings is 4. The summed E-state index contributed by atoms with van der Waals surface area (Å²) in [7, 11) is 0. The van der Waals surface area contributed by atoms with Gasteiger partial charge in [-0.15, -0.1) is 0 Å². The molecule has 0 amide bonds. The highest BCUT2D eigenvalue weighted by Crippen LogP contribution is 2.39. The Morgan fingerprint density at radius 3 is 1.58 bits per heavy atom. The van der Waals surface area contributed by atoms with Crippen LogP contribution in [0, 0.1) is 0 Å². The van der Waals surface area contributed by atoms with E-state index < -0.39 is 0 Å². The molecule has 0 unspecified atom stereocenters. The van der Waals surface area contributed by atoms with Gasteiger partial charge in [0.05, 0.1) is 39.0 Å². The Bertz CT molecular complexity index is 1510. The molecule has 0 radical (unpaired) electrons. The van der Waals surface area contributed by atoms with Gasteiger partial charge in [0.15, 0.2) is 0 Å². The molecule has 0 aliphatic heterocycles. The van der Waals surface area contributed by atoms with E-state index in [1.807, 2.05) is 30.3 Å². The van der Waals surface area contributed by atoms with Crippen LogP contribution in [0.5, 0.6) is 23.0 Å². The van der Waals surface area contributed by atoms with E-state index in [0.717, 1.165) is 61.5 Å². The molecule has 0 saturated heterocycles. The molecule has 0 atom stereocenters. The summed E-state index contributed by atoms with van der Waals surface area (Å²) in [6.45, 7) is 9.91. The first-order chi connectivity index (χ1) is 22.2. The summed E-state index contributed by atoms with van der Waals surface area (Å²) < 4.78 is 33.7. The molecule has 6 nitrogen and oxygen atoms in total. The van der Waals surface area contributed by atoms with Crippen LogP contribution in [0.3, 0.4) is 0 Å². The molecule has 45 heavy (non-hydrogen) atoms. The maximum absolute atomic E-state index is 5.94. The van der Waals surface area contributed by atoms with Crippen molar-refractivity contribution in [3.05, 3.63) is 133 Å². The molecule has 0 aromatic heterocycles. The third-order valence-corrected chi connectivity index (χ3v) is 7.61. The average Bonchev–Trinajstić information content (AvgIpc) is 3.43. The first-order valence-corrected chi connectivity index (χ1v) is 15.6. The van der Waals surface area contributed by atoms with Gasteiger partial charge in [-0.1, -0.05) is 49.6 Å². The van der Waals surface area contributed by atoms with Crippen molar-refractivity contribution in [2.75, 3.05) is 33.2 Å². The number of fused-ring (bicyclic) bond motifs is 3. The van der Waals surface area contributed by atoms with Crippen molar-refractivity contribution in [3.8, 4) is 34.1 Å². The molecule has 0 saturated carbocycles. The molecule has 0 bridgehead atoms. The second-order valence-electron chi connectivity index (χ2n) is 10.9. The van der Waals surface area contributed by atoms with Crippen molar-refractivity contribution in [1.82, 2.24) is 0 Å². The van der Waals surface area contributed by atoms with Crippen LogP contribution in [-0.4, -0.2) is 33.2 Å². The molecule has 0 spiro atoms. The van der Waals surface area contributed by atoms with Crippen LogP contribution in [0.2, 0.25) is 0 Å². The second-order valence-corrected chi connectivity index (χ2v) is 10.9. The third-order valence-electron chi connectivity index (χ3n) is 7.61. The van der Waals surface area contributed by atoms with Crippen LogP contribution in [0.15, 0.2) is 111 Å². The minimum absolute atomic E-state index is 0.133. The van der Waals surface area contributed by atoms with Gasteiger partial charge in [0.2, 0.25) is 6.79 Å². The summed E-state index contributed by atoms with van der Waals surface area (Å²) in [6.07, 6.45) is 8.48. The van der Waals surface area contributed by atoms with Gasteiger partial charge in [-0.2, -0.15) is 0 Å². The van der Waals surface area contributed by atoms with E-state index in [4.69, 9.17) is 28.4 Å². The summed E-state index contributed by atoms with van der Waals surface area (Å²) in [6, 6.07) is 29.1. The molecule has 0 heterocycles. The quantitative estimate of drug-likeness (QED) is 0.0501. The van der Waals surface area contributed by atoms with Gasteiger partial charge in [-0.05, 0) is 120 Å². The molecule has 0 fully saturated rings. The number of hydrogen-bond donors (Lipinski definition) is 0. The van der Waals surface area contributed by atoms with Crippen LogP contribution in [0.25, 0.3) is 11.1 Å². The summed E-state index contributed by atoms with van der Waals surface area (Å²) in [4.78, 5) is 0. The smallest absolute Gasteiger partial charge is 0.230 e. The SMILES string of the molecule is C=COCCCCOc1ccc(Cc2ccc3c(c2)Cc2cc(OCOc4ccc(OCCCCOC=C)cc4)ccc2-3)cc1. The molecule has 5 rings (SSSR count). The first kappa shape index (κ1) is 31.6. The van der Waals surface area contributed by atoms with Crippen LogP contribution >= 0.6 is 0 Å². The Labute approximate surface area is 266 Å². The van der Waals surface area contributed by atoms with E-state index in [9.17, 15) is 0 Å². The number of ether oxygens (including phenoxy) is 6. The Balaban J connectivity index is 1.06. The van der Waals surface area contributed by atoms with E-state index in [2.05, 4.69) is 67.8 Å². The Morgan fingerprint density at radius 2 is 0.956 bits per heavy atom. The molecule has 1 aliphatic carbocycles. The predicted molar refractivity (Wildman–Crippen MR) is 178 cm³/mol. The fourth-order valence-corrected chi connectivity index (χ4v) is 5.30. The Hall–Kier alpha value is -4.84. The second kappa shape index (κ2) is 16.9. The lowest BCUT2D eigenvalue weighted by Crippen LogP contribution is -2.06. The summed E-state index contributed by atoms with van der Waals surface area (Å²) in [5.41, 5.74) is 7.76. The largest absolute Gasteiger partial charge is 0.502 e. The molecular formula is C39H42O6. The summed E-state index contributed by atoms with van der Waals surface area (Å²) in [5, 5.41) is 0. The average molecular weight is 607 g/mol. The Morgan fingerprint density at radius 1 is 0.489 bits per heavy atom. The zero-order chi connectivity index (χ0) is 31.1. The Kier molecular flexibility index (Phi) is 11.8. The molecule has 1 aliphatic rings. The van der Waals surface area contributed by atoms with Gasteiger partial charge < -0.3 is 28.4 Å². The normalized spacial score (nSPS) is 11.2. The van der Waals surface area contributed by atoms with Crippen LogP contribution in [-0.2, 0) is 22.3 Å². The highest BCUT2D eigenvalue weighted by Gasteiger charge is 2.19. The van der Waals surface area contributed by atoms with Crippen LogP contribution < -0.4 is 18.9 Å². The highest BCUT2D eigenvalue weighted by molar-refractivity contribution is 5.77. The lowest BCUT2D eigenvalue weighted by atomic mass is 9.99. The van der Waals surface area contributed by atoms with Crippen LogP contribution in [0.1, 0.15) is 47.9 Å². The standard InChI is InChI=1S/C39H42O6/c1-3-40-21-5-7-23-42-34-12-9-30(10-13-34)25-31-11-19-38-32(26-31)27-33-28-37(18-20-39(33)38)45-29-44-36-16-14-35(15-17-36)43-24-8-6-22-41-4-2/h3-4,9-20,26,28H,1-2,5-8,21-25,27,29H2. The first-order valence-electron chi connectivity index (χ1n) is 15.6. The summed E-state index contributed by atoms with van der Waals surface area (Å²) in [5.74, 6) is 3.25. The molecule has 0 N–H and O–H groups in total. The topological polar surface area (TPSA) is 55.4 Å². The predicted octanol–water partition coefficient (Wildman–Crippen LogP) is 8.90. The van der Waals surface area contributed by atoms with Crippen molar-refractivity contribution < 1.29 is 28.4 Å². The lowest BCUT2D eigenvalue weighted by molar-refractivity contribution is 0.119. The number of hydrogen-bond acceptors (Lipinski definition) is 6. The van der Waals surface area contributed by atoms with Gasteiger partial charge in [0.1, 0.15) is 23.0 Å². The summed E-state index contributed by atoms with van der Waals surface area (Å²) >= 11 is 0. The minimum Gasteiger partial charge on any atom is -0.502 e. The minimum atomic E-state index is 0.133. The van der Waals surface area contributed by atoms with Crippen molar-refractivity contribution in [2.45, 2.75) is 38.5 Å². The molecule has 4 aromatic carbocycles. The fourth-order valence-electron chi connectivity index (χ4n) is 5.30. The van der Waals surface area contributed by atoms with E-state index in [1.165, 1.54) is 45.9 Å². The van der Waals surface area contributed by atoms with Gasteiger partial charge in [0, 0.05) is 0 Å². The maximum atomic E-state index is 5.94. The van der Waals surface area contributed by atoms with Crippen molar-refractivity contribution in [3.63, 3.8) is 0 Å². The highest BCUT2D eigenvalue weighted by atomic mass is 16.7. The van der Waals surface area contributed by atoms with E-state index in [1.54, 1.807) is 0 Å². The van der Waals surface area contributed by atoms with E-state index >= 15 is 0 Å². The fraction of sp³-hybridized carbons (Fsp3) is 0.282. The molecule has 4 aromatic rings. The van der Waals surface area contributed by atoms with Gasteiger partial charge in [-0.3, -0.25) is 0 Å². The van der Waals surface area contributed by atoms with Crippen molar-refractivity contribution in [1.29, 1.82) is 0 Å². The lowest BCUT2D eigenvalue weighted by Gasteiger charge is -2.11. The van der Waals surface area contributed by atoms with E-state index in [-0.39, 0.29) is 6.79 Å². The zero-order valence-corrected chi connectivity index (χ0v) is 25.9. The zero-order valence-electron chi connectivity index (χ0n) is 25.9. The maximum Gasteiger partial charge on any atom is 0.230 e. The van der Waals surface area contributed by atoms with Gasteiger partial charge in [0.25, 0.3) is 0 Å².